The van der Waals surface area contributed by atoms with Gasteiger partial charge in [-0.1, -0.05) is 38.1 Å². The average molecular weight is 434 g/mol. The molecule has 5 rings (SSSR count). The Bertz CT molecular complexity index is 1250. The quantitative estimate of drug-likeness (QED) is 0.681. The molecule has 1 unspecified atom stereocenters. The van der Waals surface area contributed by atoms with E-state index in [0.717, 1.165) is 43.2 Å². The number of imidazole rings is 1. The fraction of sp³-hybridized carbons (Fsp3) is 0.500. The van der Waals surface area contributed by atoms with Crippen LogP contribution >= 0.6 is 0 Å². The van der Waals surface area contributed by atoms with Crippen molar-refractivity contribution >= 4 is 22.7 Å². The van der Waals surface area contributed by atoms with Gasteiger partial charge in [-0.2, -0.15) is 5.10 Å². The molecule has 1 atom stereocenters. The molecule has 2 N–H and O–H groups in total. The Hall–Kier alpha value is -3.00. The van der Waals surface area contributed by atoms with Gasteiger partial charge in [0.05, 0.1) is 18.5 Å². The minimum atomic E-state index is -0.130. The van der Waals surface area contributed by atoms with Gasteiger partial charge in [-0.3, -0.25) is 9.79 Å². The topological polar surface area (TPSA) is 94.3 Å². The molecular formula is C24H31N7O. The number of hydrogen-bond donors (Lipinski definition) is 1. The molecule has 0 aliphatic carbocycles. The van der Waals surface area contributed by atoms with Gasteiger partial charge >= 0.3 is 0 Å². The zero-order valence-electron chi connectivity index (χ0n) is 19.1. The molecule has 0 bridgehead atoms. The lowest BCUT2D eigenvalue weighted by molar-refractivity contribution is 0.494. The second-order valence-electron chi connectivity index (χ2n) is 9.54. The molecule has 0 saturated carbocycles. The number of aliphatic imine (C=N–C) groups is 1. The average Bonchev–Trinajstić information content (AvgIpc) is 3.17. The maximum Gasteiger partial charge on any atom is 0.293 e. The lowest BCUT2D eigenvalue weighted by Gasteiger charge is -2.31. The largest absolute Gasteiger partial charge is 0.341 e. The Balaban J connectivity index is 1.55. The third-order valence-electron chi connectivity index (χ3n) is 6.72. The van der Waals surface area contributed by atoms with Gasteiger partial charge in [0.15, 0.2) is 0 Å². The predicted octanol–water partition coefficient (Wildman–Crippen LogP) is 2.32. The first-order chi connectivity index (χ1) is 15.4. The molecule has 3 aromatic rings. The van der Waals surface area contributed by atoms with Crippen LogP contribution < -0.4 is 16.2 Å². The highest BCUT2D eigenvalue weighted by Gasteiger charge is 2.29. The highest BCUT2D eigenvalue weighted by Crippen LogP contribution is 2.31. The van der Waals surface area contributed by atoms with Gasteiger partial charge < -0.3 is 15.2 Å². The summed E-state index contributed by atoms with van der Waals surface area (Å²) in [7, 11) is 0. The van der Waals surface area contributed by atoms with Crippen molar-refractivity contribution < 1.29 is 0 Å². The van der Waals surface area contributed by atoms with Gasteiger partial charge in [-0.25, -0.2) is 9.67 Å². The van der Waals surface area contributed by atoms with Crippen LogP contribution in [0.15, 0.2) is 40.2 Å². The molecule has 0 spiro atoms. The number of anilines is 1. The van der Waals surface area contributed by atoms with Gasteiger partial charge in [0, 0.05) is 43.2 Å². The van der Waals surface area contributed by atoms with E-state index in [1.54, 1.807) is 6.20 Å². The Labute approximate surface area is 187 Å². The lowest BCUT2D eigenvalue weighted by Crippen LogP contribution is -2.44. The SMILES string of the molecule is CCn1c(N2CCCC(N)C2)nc2cnn(CC3=NCC(C)(C)c4ccccc43)c(=O)c21. The van der Waals surface area contributed by atoms with Crippen molar-refractivity contribution in [2.45, 2.75) is 58.2 Å². The minimum absolute atomic E-state index is 0.0204. The Morgan fingerprint density at radius 2 is 2.06 bits per heavy atom. The van der Waals surface area contributed by atoms with Crippen LogP contribution in [0.25, 0.3) is 11.0 Å². The molecule has 168 valence electrons. The van der Waals surface area contributed by atoms with Crippen molar-refractivity contribution in [2.75, 3.05) is 24.5 Å². The summed E-state index contributed by atoms with van der Waals surface area (Å²) in [6, 6.07) is 8.47. The van der Waals surface area contributed by atoms with Gasteiger partial charge in [0.25, 0.3) is 5.56 Å². The van der Waals surface area contributed by atoms with Crippen molar-refractivity contribution in [2.24, 2.45) is 10.7 Å². The molecule has 1 saturated heterocycles. The van der Waals surface area contributed by atoms with E-state index in [0.29, 0.717) is 30.7 Å². The van der Waals surface area contributed by atoms with Crippen molar-refractivity contribution in [3.8, 4) is 0 Å². The van der Waals surface area contributed by atoms with Crippen molar-refractivity contribution in [3.63, 3.8) is 0 Å². The summed E-state index contributed by atoms with van der Waals surface area (Å²) in [5.74, 6) is 0.816. The van der Waals surface area contributed by atoms with Crippen LogP contribution in [-0.4, -0.2) is 50.7 Å². The molecule has 1 aromatic carbocycles. The van der Waals surface area contributed by atoms with E-state index in [2.05, 4.69) is 42.0 Å². The number of nitrogens with zero attached hydrogens (tertiary/aromatic N) is 6. The highest BCUT2D eigenvalue weighted by molar-refractivity contribution is 6.03. The van der Waals surface area contributed by atoms with E-state index in [-0.39, 0.29) is 17.0 Å². The number of aryl methyl sites for hydroxylation is 1. The normalized spacial score (nSPS) is 20.3. The van der Waals surface area contributed by atoms with Crippen LogP contribution in [0.3, 0.4) is 0 Å². The van der Waals surface area contributed by atoms with Gasteiger partial charge in [-0.05, 0) is 25.3 Å². The van der Waals surface area contributed by atoms with E-state index in [1.165, 1.54) is 10.2 Å². The second-order valence-corrected chi connectivity index (χ2v) is 9.54. The monoisotopic (exact) mass is 433 g/mol. The number of benzene rings is 1. The lowest BCUT2D eigenvalue weighted by atomic mass is 9.78. The summed E-state index contributed by atoms with van der Waals surface area (Å²) in [6.07, 6.45) is 3.76. The molecule has 2 aliphatic heterocycles. The molecule has 4 heterocycles. The Morgan fingerprint density at radius 3 is 2.84 bits per heavy atom. The molecule has 0 amide bonds. The van der Waals surface area contributed by atoms with Gasteiger partial charge in [0.1, 0.15) is 11.0 Å². The zero-order chi connectivity index (χ0) is 22.5. The smallest absolute Gasteiger partial charge is 0.293 e. The molecule has 2 aliphatic rings. The number of fused-ring (bicyclic) bond motifs is 2. The fourth-order valence-electron chi connectivity index (χ4n) is 4.98. The second kappa shape index (κ2) is 7.85. The van der Waals surface area contributed by atoms with Gasteiger partial charge in [0.2, 0.25) is 5.95 Å². The number of rotatable bonds is 4. The summed E-state index contributed by atoms with van der Waals surface area (Å²) in [4.78, 5) is 25.3. The van der Waals surface area contributed by atoms with Gasteiger partial charge in [-0.15, -0.1) is 0 Å². The molecule has 0 radical (unpaired) electrons. The van der Waals surface area contributed by atoms with Crippen LogP contribution in [0.2, 0.25) is 0 Å². The van der Waals surface area contributed by atoms with E-state index in [9.17, 15) is 4.79 Å². The maximum absolute atomic E-state index is 13.5. The zero-order valence-corrected chi connectivity index (χ0v) is 19.1. The number of piperidine rings is 1. The highest BCUT2D eigenvalue weighted by atomic mass is 16.1. The molecule has 1 fully saturated rings. The number of hydrogen-bond acceptors (Lipinski definition) is 6. The first-order valence-electron chi connectivity index (χ1n) is 11.5. The van der Waals surface area contributed by atoms with Crippen molar-refractivity contribution in [1.29, 1.82) is 0 Å². The summed E-state index contributed by atoms with van der Waals surface area (Å²) < 4.78 is 3.53. The maximum atomic E-state index is 13.5. The van der Waals surface area contributed by atoms with Crippen LogP contribution in [0.1, 0.15) is 44.7 Å². The summed E-state index contributed by atoms with van der Waals surface area (Å²) in [5.41, 5.74) is 10.5. The molecular weight excluding hydrogens is 402 g/mol. The summed E-state index contributed by atoms with van der Waals surface area (Å²) in [5, 5.41) is 4.46. The molecule has 2 aromatic heterocycles. The first-order valence-corrected chi connectivity index (χ1v) is 11.5. The predicted molar refractivity (Wildman–Crippen MR) is 128 cm³/mol. The minimum Gasteiger partial charge on any atom is -0.341 e. The van der Waals surface area contributed by atoms with Crippen molar-refractivity contribution in [1.82, 2.24) is 19.3 Å². The third kappa shape index (κ3) is 3.43. The van der Waals surface area contributed by atoms with Crippen LogP contribution in [0.5, 0.6) is 0 Å². The van der Waals surface area contributed by atoms with E-state index in [1.807, 2.05) is 17.6 Å². The van der Waals surface area contributed by atoms with Crippen LogP contribution in [0, 0.1) is 0 Å². The third-order valence-corrected chi connectivity index (χ3v) is 6.72. The number of nitrogens with two attached hydrogens (primary N) is 1. The fourth-order valence-corrected chi connectivity index (χ4v) is 4.98. The molecule has 8 heteroatoms. The van der Waals surface area contributed by atoms with E-state index >= 15 is 0 Å². The number of aromatic nitrogens is 4. The van der Waals surface area contributed by atoms with Crippen LogP contribution in [-0.2, 0) is 18.5 Å². The van der Waals surface area contributed by atoms with Crippen LogP contribution in [0.4, 0.5) is 5.95 Å². The molecule has 32 heavy (non-hydrogen) atoms. The molecule has 8 nitrogen and oxygen atoms in total. The Morgan fingerprint density at radius 1 is 1.25 bits per heavy atom. The van der Waals surface area contributed by atoms with E-state index in [4.69, 9.17) is 15.7 Å². The Kier molecular flexibility index (Phi) is 5.12. The summed E-state index contributed by atoms with van der Waals surface area (Å²) >= 11 is 0. The van der Waals surface area contributed by atoms with E-state index < -0.39 is 0 Å². The summed E-state index contributed by atoms with van der Waals surface area (Å²) in [6.45, 7) is 9.82. The standard InChI is InChI=1S/C24H31N7O/c1-4-30-21-19(28-23(30)29-11-7-8-16(25)13-29)12-27-31(22(21)32)14-20-17-9-5-6-10-18(17)24(2,3)15-26-20/h5-6,9-10,12,16H,4,7-8,11,13-15,25H2,1-3H3. The van der Waals surface area contributed by atoms with Crippen molar-refractivity contribution in [3.05, 3.63) is 51.9 Å². The first kappa shape index (κ1) is 20.9.